The Morgan fingerprint density at radius 3 is 2.06 bits per heavy atom. The maximum absolute atomic E-state index is 13.1. The van der Waals surface area contributed by atoms with E-state index in [2.05, 4.69) is 97.9 Å². The number of anilines is 4. The van der Waals surface area contributed by atoms with Crippen molar-refractivity contribution in [1.29, 1.82) is 0 Å². The zero-order chi connectivity index (χ0) is 60.2. The number of azo groups is 3. The standard InChI is InChI=1S/C37H35ClN12O25S8/c38-35-42-36(40-9-12-76-72-67-52)44-37(43-35)41-26-17-28(31(82(59,60)61)18-27(26)47-45-19-1-3-20(4-2-19)77-71-65-10-13-80(56)75-70-55)48-50-33-30(79-74-69-54)16-23-22(34(33)51)6-7-24(39)32(23)49-46-25-8-5-21(15-29(25)78-73-68-53)81(57,58)14-11-66-83(62,63)64/h1-8,15-18,51-55H,9-14,39H2,(H,59,60,61)(H,62,63,64)(H2,40,41,42,43,44). The molecule has 1 atom stereocenters. The lowest BCUT2D eigenvalue weighted by Gasteiger charge is -2.13. The number of nitrogen functional groups attached to an aromatic ring is 1. The predicted octanol–water partition coefficient (Wildman–Crippen LogP) is 9.17. The number of hydrogen-bond acceptors (Lipinski definition) is 39. The van der Waals surface area contributed by atoms with Gasteiger partial charge in [-0.3, -0.25) is 9.11 Å². The van der Waals surface area contributed by atoms with Gasteiger partial charge in [-0.25, -0.2) is 42.7 Å². The molecule has 0 saturated carbocycles. The number of benzene rings is 5. The van der Waals surface area contributed by atoms with E-state index in [1.54, 1.807) is 0 Å². The zero-order valence-electron chi connectivity index (χ0n) is 40.4. The molecular formula is C37H35ClN12O25S8. The lowest BCUT2D eigenvalue weighted by atomic mass is 10.1. The number of aromatic nitrogens is 3. The molecule has 0 bridgehead atoms. The van der Waals surface area contributed by atoms with Crippen molar-refractivity contribution in [2.75, 3.05) is 53.4 Å². The first kappa shape index (κ1) is 66.5. The molecule has 46 heteroatoms. The van der Waals surface area contributed by atoms with Gasteiger partial charge in [0.05, 0.1) is 92.6 Å². The lowest BCUT2D eigenvalue weighted by Crippen LogP contribution is -2.15. The van der Waals surface area contributed by atoms with Gasteiger partial charge in [-0.05, 0) is 84.4 Å². The number of aromatic hydroxyl groups is 1. The highest BCUT2D eigenvalue weighted by molar-refractivity contribution is 7.95. The van der Waals surface area contributed by atoms with Crippen LogP contribution >= 0.6 is 59.8 Å². The molecule has 37 nitrogen and oxygen atoms in total. The van der Waals surface area contributed by atoms with Gasteiger partial charge in [0, 0.05) is 40.0 Å². The average molecular weight is 1340 g/mol. The first-order valence-corrected chi connectivity index (χ1v) is 30.6. The normalized spacial score (nSPS) is 12.8. The minimum Gasteiger partial charge on any atom is -0.505 e. The van der Waals surface area contributed by atoms with Crippen molar-refractivity contribution in [2.45, 2.75) is 24.5 Å². The van der Waals surface area contributed by atoms with E-state index in [0.717, 1.165) is 42.4 Å². The number of rotatable bonds is 34. The van der Waals surface area contributed by atoms with Crippen LogP contribution < -0.4 is 16.4 Å². The third kappa shape index (κ3) is 20.6. The van der Waals surface area contributed by atoms with Crippen LogP contribution in [0.15, 0.2) is 128 Å². The number of sulfone groups is 1. The quantitative estimate of drug-likeness (QED) is 0.00342. The minimum atomic E-state index is -5.26. The lowest BCUT2D eigenvalue weighted by molar-refractivity contribution is -0.435. The van der Waals surface area contributed by atoms with Crippen LogP contribution in [-0.2, 0) is 92.3 Å². The van der Waals surface area contributed by atoms with Gasteiger partial charge in [0.15, 0.2) is 26.7 Å². The summed E-state index contributed by atoms with van der Waals surface area (Å²) in [6.45, 7) is -1.04. The summed E-state index contributed by atoms with van der Waals surface area (Å²) in [6.07, 6.45) is 0. The Balaban J connectivity index is 1.40. The van der Waals surface area contributed by atoms with Crippen LogP contribution in [0.3, 0.4) is 0 Å². The molecule has 83 heavy (non-hydrogen) atoms. The molecule has 6 rings (SSSR count). The molecule has 0 radical (unpaired) electrons. The first-order chi connectivity index (χ1) is 39.6. The minimum absolute atomic E-state index is 0.0173. The van der Waals surface area contributed by atoms with E-state index >= 15 is 0 Å². The van der Waals surface area contributed by atoms with Gasteiger partial charge >= 0.3 is 10.4 Å². The molecule has 1 unspecified atom stereocenters. The monoisotopic (exact) mass is 1340 g/mol. The summed E-state index contributed by atoms with van der Waals surface area (Å²) in [5, 5.41) is 90.7. The van der Waals surface area contributed by atoms with E-state index in [0.29, 0.717) is 16.9 Å². The zero-order valence-corrected chi connectivity index (χ0v) is 47.7. The molecule has 0 aliphatic carbocycles. The summed E-state index contributed by atoms with van der Waals surface area (Å²) >= 11 is 6.14. The Labute approximate surface area is 489 Å². The SMILES string of the molecule is Nc1ccc2c(O)c(N=Nc3cc(Nc4nc(Cl)nc(NCCSOOO)n4)c(N=Nc4ccc(SOOCCS(=O)OOO)cc4)cc3S(=O)(=O)O)c(SOOO)cc2c1N=Nc1ccc(S(=O)(=O)CCOS(=O)(=O)O)cc1SOOO. The summed E-state index contributed by atoms with van der Waals surface area (Å²) < 4.78 is 131. The van der Waals surface area contributed by atoms with E-state index < -0.39 is 80.7 Å². The molecule has 11 N–H and O–H groups in total. The molecule has 5 aromatic carbocycles. The second-order valence-electron chi connectivity index (χ2n) is 14.6. The Bertz CT molecular complexity index is 3700. The Morgan fingerprint density at radius 1 is 0.675 bits per heavy atom. The second kappa shape index (κ2) is 32.0. The van der Waals surface area contributed by atoms with Crippen LogP contribution in [0.2, 0.25) is 5.28 Å². The van der Waals surface area contributed by atoms with Crippen molar-refractivity contribution < 1.29 is 116 Å². The molecule has 6 aromatic rings. The van der Waals surface area contributed by atoms with Crippen LogP contribution in [0.4, 0.5) is 57.4 Å². The third-order valence-corrected chi connectivity index (χ3v) is 15.7. The molecule has 1 heterocycles. The summed E-state index contributed by atoms with van der Waals surface area (Å²) in [7, 11) is -14.5. The number of phenols is 1. The molecule has 0 saturated heterocycles. The third-order valence-electron chi connectivity index (χ3n) is 9.42. The molecule has 0 fully saturated rings. The Hall–Kier alpha value is -5.62. The topological polar surface area (TPSA) is 526 Å². The van der Waals surface area contributed by atoms with E-state index in [-0.39, 0.29) is 121 Å². The second-order valence-corrected chi connectivity index (χ2v) is 23.7. The smallest absolute Gasteiger partial charge is 0.397 e. The van der Waals surface area contributed by atoms with Gasteiger partial charge in [0.1, 0.15) is 33.3 Å². The first-order valence-electron chi connectivity index (χ1n) is 21.3. The fourth-order valence-corrected chi connectivity index (χ4v) is 10.5. The van der Waals surface area contributed by atoms with Gasteiger partial charge in [-0.2, -0.15) is 41.2 Å². The number of nitrogens with one attached hydrogen (secondary N) is 2. The average Bonchev–Trinajstić information content (AvgIpc) is 3.56. The summed E-state index contributed by atoms with van der Waals surface area (Å²) in [5.74, 6) is -2.05. The van der Waals surface area contributed by atoms with Crippen molar-refractivity contribution in [3.05, 3.63) is 78.1 Å². The molecule has 0 spiro atoms. The highest BCUT2D eigenvalue weighted by atomic mass is 35.5. The Morgan fingerprint density at radius 2 is 1.36 bits per heavy atom. The summed E-state index contributed by atoms with van der Waals surface area (Å²) in [4.78, 5) is 15.9. The van der Waals surface area contributed by atoms with Crippen LogP contribution in [0, 0.1) is 0 Å². The maximum Gasteiger partial charge on any atom is 0.397 e. The van der Waals surface area contributed by atoms with Crippen molar-refractivity contribution in [1.82, 2.24) is 15.0 Å². The van der Waals surface area contributed by atoms with Gasteiger partial charge in [0.2, 0.25) is 17.2 Å². The van der Waals surface area contributed by atoms with Crippen LogP contribution in [0.25, 0.3) is 10.8 Å². The van der Waals surface area contributed by atoms with Crippen molar-refractivity contribution in [3.8, 4) is 5.75 Å². The largest absolute Gasteiger partial charge is 0.505 e. The molecule has 0 amide bonds. The number of nitrogens with two attached hydrogens (primary N) is 1. The van der Waals surface area contributed by atoms with Crippen molar-refractivity contribution in [2.24, 2.45) is 30.7 Å². The number of halogens is 1. The van der Waals surface area contributed by atoms with Crippen LogP contribution in [0.5, 0.6) is 5.75 Å². The van der Waals surface area contributed by atoms with Crippen molar-refractivity contribution >= 4 is 169 Å². The van der Waals surface area contributed by atoms with Gasteiger partial charge in [-0.1, -0.05) is 20.2 Å². The highest BCUT2D eigenvalue weighted by Crippen LogP contribution is 2.49. The molecular weight excluding hydrogens is 1300 g/mol. The van der Waals surface area contributed by atoms with E-state index in [1.807, 2.05) is 0 Å². The van der Waals surface area contributed by atoms with E-state index in [4.69, 9.17) is 52.1 Å². The van der Waals surface area contributed by atoms with Crippen LogP contribution in [-0.4, -0.2) is 117 Å². The fraction of sp³-hybridized carbons (Fsp3) is 0.162. The van der Waals surface area contributed by atoms with Gasteiger partial charge < -0.3 is 21.5 Å². The summed E-state index contributed by atoms with van der Waals surface area (Å²) in [5.41, 5.74) is 4.43. The van der Waals surface area contributed by atoms with Gasteiger partial charge in [-0.15, -0.1) is 42.9 Å². The van der Waals surface area contributed by atoms with E-state index in [9.17, 15) is 39.1 Å². The van der Waals surface area contributed by atoms with Crippen molar-refractivity contribution in [3.63, 3.8) is 0 Å². The molecule has 448 valence electrons. The number of phenolic OH excluding ortho intramolecular Hbond substituents is 1. The fourth-order valence-electron chi connectivity index (χ4n) is 6.05. The van der Waals surface area contributed by atoms with E-state index in [1.165, 1.54) is 42.5 Å². The molecule has 0 aliphatic heterocycles. The predicted molar refractivity (Wildman–Crippen MR) is 287 cm³/mol. The van der Waals surface area contributed by atoms with Gasteiger partial charge in [0.25, 0.3) is 10.1 Å². The number of fused-ring (bicyclic) bond motifs is 1. The molecule has 0 aliphatic rings. The number of hydrogen-bond donors (Lipinski definition) is 10. The Kier molecular flexibility index (Phi) is 25.7. The summed E-state index contributed by atoms with van der Waals surface area (Å²) in [6, 6.07) is 14.8. The van der Waals surface area contributed by atoms with Crippen LogP contribution in [0.1, 0.15) is 0 Å². The maximum atomic E-state index is 13.1. The highest BCUT2D eigenvalue weighted by Gasteiger charge is 2.24. The number of nitrogens with zero attached hydrogens (tertiary/aromatic N) is 9. The molecule has 1 aromatic heterocycles.